The predicted molar refractivity (Wildman–Crippen MR) is 143 cm³/mol. The minimum atomic E-state index is -0.572. The molecule has 0 aliphatic rings. The van der Waals surface area contributed by atoms with Crippen LogP contribution in [0.2, 0.25) is 5.02 Å². The first kappa shape index (κ1) is 23.5. The molecule has 0 radical (unpaired) electrons. The molecule has 0 fully saturated rings. The van der Waals surface area contributed by atoms with E-state index in [9.17, 15) is 9.59 Å². The van der Waals surface area contributed by atoms with Crippen LogP contribution in [0.3, 0.4) is 0 Å². The molecule has 0 atom stereocenters. The lowest BCUT2D eigenvalue weighted by Gasteiger charge is -2.11. The monoisotopic (exact) mass is 491 g/mol. The molecule has 4 nitrogen and oxygen atoms in total. The van der Waals surface area contributed by atoms with E-state index in [1.807, 2.05) is 67.6 Å². The maximum atomic E-state index is 13.2. The van der Waals surface area contributed by atoms with Gasteiger partial charge in [0.1, 0.15) is 0 Å². The van der Waals surface area contributed by atoms with E-state index in [0.29, 0.717) is 32.7 Å². The van der Waals surface area contributed by atoms with Crippen molar-refractivity contribution in [1.29, 1.82) is 0 Å². The summed E-state index contributed by atoms with van der Waals surface area (Å²) in [7, 11) is 0. The van der Waals surface area contributed by atoms with Crippen molar-refractivity contribution < 1.29 is 14.3 Å². The van der Waals surface area contributed by atoms with Crippen LogP contribution in [0.25, 0.3) is 33.3 Å². The van der Waals surface area contributed by atoms with Gasteiger partial charge < -0.3 is 4.74 Å². The number of ketones is 1. The van der Waals surface area contributed by atoms with E-state index in [4.69, 9.17) is 21.3 Å². The summed E-state index contributed by atoms with van der Waals surface area (Å²) < 4.78 is 5.44. The molecule has 5 aromatic rings. The van der Waals surface area contributed by atoms with E-state index < -0.39 is 5.97 Å². The molecule has 0 amide bonds. The second-order valence-electron chi connectivity index (χ2n) is 8.53. The Morgan fingerprint density at radius 1 is 0.778 bits per heavy atom. The number of carbonyl (C=O) groups is 2. The summed E-state index contributed by atoms with van der Waals surface area (Å²) in [6.45, 7) is 1.59. The topological polar surface area (TPSA) is 56.3 Å². The number of halogens is 1. The standard InChI is InChI=1S/C31H22ClNO3/c1-20-7-16-28-26(17-20)27(31(35)36-19-30(34)24-12-14-25(32)15-13-24)18-29(33-28)23-10-8-22(9-11-23)21-5-3-2-4-6-21/h2-18H,19H2,1H3. The van der Waals surface area contributed by atoms with Crippen LogP contribution in [0.1, 0.15) is 26.3 Å². The number of hydrogen-bond acceptors (Lipinski definition) is 4. The summed E-state index contributed by atoms with van der Waals surface area (Å²) in [6, 6.07) is 32.1. The van der Waals surface area contributed by atoms with Gasteiger partial charge in [0.25, 0.3) is 0 Å². The molecule has 5 heteroatoms. The maximum Gasteiger partial charge on any atom is 0.339 e. The quantitative estimate of drug-likeness (QED) is 0.181. The van der Waals surface area contributed by atoms with E-state index in [1.165, 1.54) is 0 Å². The smallest absolute Gasteiger partial charge is 0.339 e. The second-order valence-corrected chi connectivity index (χ2v) is 8.96. The lowest BCUT2D eigenvalue weighted by molar-refractivity contribution is 0.0476. The van der Waals surface area contributed by atoms with Crippen LogP contribution in [0.15, 0.2) is 103 Å². The first-order chi connectivity index (χ1) is 17.5. The molecule has 1 aromatic heterocycles. The lowest BCUT2D eigenvalue weighted by atomic mass is 10.00. The third-order valence-electron chi connectivity index (χ3n) is 5.97. The van der Waals surface area contributed by atoms with Crippen LogP contribution in [0, 0.1) is 6.92 Å². The highest BCUT2D eigenvalue weighted by Crippen LogP contribution is 2.28. The van der Waals surface area contributed by atoms with Crippen LogP contribution in [0.4, 0.5) is 0 Å². The number of nitrogens with zero attached hydrogens (tertiary/aromatic N) is 1. The summed E-state index contributed by atoms with van der Waals surface area (Å²) in [4.78, 5) is 30.5. The molecule has 0 aliphatic carbocycles. The van der Waals surface area contributed by atoms with Gasteiger partial charge in [-0.15, -0.1) is 0 Å². The molecule has 0 spiro atoms. The summed E-state index contributed by atoms with van der Waals surface area (Å²) in [5.41, 5.74) is 6.23. The van der Waals surface area contributed by atoms with Gasteiger partial charge in [0.15, 0.2) is 12.4 Å². The Hall–Kier alpha value is -4.28. The number of carbonyl (C=O) groups excluding carboxylic acids is 2. The van der Waals surface area contributed by atoms with Crippen molar-refractivity contribution in [3.8, 4) is 22.4 Å². The highest BCUT2D eigenvalue weighted by atomic mass is 35.5. The number of aryl methyl sites for hydroxylation is 1. The average Bonchev–Trinajstić information content (AvgIpc) is 2.92. The number of Topliss-reactive ketones (excluding diaryl/α,β-unsaturated/α-hetero) is 1. The van der Waals surface area contributed by atoms with E-state index in [1.54, 1.807) is 30.3 Å². The molecular weight excluding hydrogens is 470 g/mol. The SMILES string of the molecule is Cc1ccc2nc(-c3ccc(-c4ccccc4)cc3)cc(C(=O)OCC(=O)c3ccc(Cl)cc3)c2c1. The van der Waals surface area contributed by atoms with Gasteiger partial charge in [0.2, 0.25) is 0 Å². The van der Waals surface area contributed by atoms with E-state index >= 15 is 0 Å². The summed E-state index contributed by atoms with van der Waals surface area (Å²) in [6.07, 6.45) is 0. The number of pyridine rings is 1. The van der Waals surface area contributed by atoms with Crippen LogP contribution >= 0.6 is 11.6 Å². The number of esters is 1. The largest absolute Gasteiger partial charge is 0.454 e. The first-order valence-corrected chi connectivity index (χ1v) is 11.9. The molecule has 0 aliphatic heterocycles. The van der Waals surface area contributed by atoms with Crippen molar-refractivity contribution in [2.45, 2.75) is 6.92 Å². The molecule has 0 saturated carbocycles. The molecule has 0 N–H and O–H groups in total. The molecule has 36 heavy (non-hydrogen) atoms. The van der Waals surface area contributed by atoms with Crippen molar-refractivity contribution in [1.82, 2.24) is 4.98 Å². The van der Waals surface area contributed by atoms with Crippen molar-refractivity contribution in [2.75, 3.05) is 6.61 Å². The van der Waals surface area contributed by atoms with Gasteiger partial charge in [-0.25, -0.2) is 9.78 Å². The van der Waals surface area contributed by atoms with Gasteiger partial charge in [-0.3, -0.25) is 4.79 Å². The van der Waals surface area contributed by atoms with Crippen molar-refractivity contribution in [3.05, 3.63) is 125 Å². The molecule has 5 rings (SSSR count). The van der Waals surface area contributed by atoms with Gasteiger partial charge in [0.05, 0.1) is 16.8 Å². The van der Waals surface area contributed by atoms with Crippen molar-refractivity contribution >= 4 is 34.3 Å². The molecule has 1 heterocycles. The van der Waals surface area contributed by atoms with Crippen molar-refractivity contribution in [2.24, 2.45) is 0 Å². The second kappa shape index (κ2) is 10.1. The van der Waals surface area contributed by atoms with Gasteiger partial charge in [-0.05, 0) is 60.5 Å². The van der Waals surface area contributed by atoms with E-state index in [2.05, 4.69) is 12.1 Å². The summed E-state index contributed by atoms with van der Waals surface area (Å²) >= 11 is 5.89. The van der Waals surface area contributed by atoms with Gasteiger partial charge in [-0.1, -0.05) is 77.8 Å². The zero-order valence-electron chi connectivity index (χ0n) is 19.6. The Bertz CT molecular complexity index is 1560. The van der Waals surface area contributed by atoms with Crippen LogP contribution in [-0.4, -0.2) is 23.3 Å². The number of aromatic nitrogens is 1. The fourth-order valence-corrected chi connectivity index (χ4v) is 4.17. The predicted octanol–water partition coefficient (Wildman–Crippen LogP) is 7.57. The zero-order valence-corrected chi connectivity index (χ0v) is 20.3. The molecule has 0 unspecified atom stereocenters. The van der Waals surface area contributed by atoms with Crippen LogP contribution in [-0.2, 0) is 4.74 Å². The Balaban J connectivity index is 1.45. The third-order valence-corrected chi connectivity index (χ3v) is 6.22. The fraction of sp³-hybridized carbons (Fsp3) is 0.0645. The minimum Gasteiger partial charge on any atom is -0.454 e. The molecule has 0 saturated heterocycles. The third kappa shape index (κ3) is 5.04. The number of hydrogen-bond donors (Lipinski definition) is 0. The molecule has 176 valence electrons. The van der Waals surface area contributed by atoms with E-state index in [0.717, 1.165) is 22.3 Å². The Morgan fingerprint density at radius 3 is 2.17 bits per heavy atom. The number of fused-ring (bicyclic) bond motifs is 1. The lowest BCUT2D eigenvalue weighted by Crippen LogP contribution is -2.15. The Kier molecular flexibility index (Phi) is 6.61. The first-order valence-electron chi connectivity index (χ1n) is 11.5. The maximum absolute atomic E-state index is 13.2. The Morgan fingerprint density at radius 2 is 1.44 bits per heavy atom. The highest BCUT2D eigenvalue weighted by Gasteiger charge is 2.18. The fourth-order valence-electron chi connectivity index (χ4n) is 4.05. The highest BCUT2D eigenvalue weighted by molar-refractivity contribution is 6.30. The zero-order chi connectivity index (χ0) is 25.1. The normalized spacial score (nSPS) is 10.8. The number of ether oxygens (including phenoxy) is 1. The minimum absolute atomic E-state index is 0.300. The number of rotatable bonds is 6. The average molecular weight is 492 g/mol. The van der Waals surface area contributed by atoms with Gasteiger partial charge >= 0.3 is 5.97 Å². The molecular formula is C31H22ClNO3. The van der Waals surface area contributed by atoms with E-state index in [-0.39, 0.29) is 12.4 Å². The van der Waals surface area contributed by atoms with Gasteiger partial charge in [0, 0.05) is 21.5 Å². The summed E-state index contributed by atoms with van der Waals surface area (Å²) in [5, 5.41) is 1.22. The van der Waals surface area contributed by atoms with Crippen molar-refractivity contribution in [3.63, 3.8) is 0 Å². The Labute approximate surface area is 214 Å². The number of benzene rings is 4. The van der Waals surface area contributed by atoms with Gasteiger partial charge in [-0.2, -0.15) is 0 Å². The van der Waals surface area contributed by atoms with Crippen LogP contribution < -0.4 is 0 Å². The van der Waals surface area contributed by atoms with Crippen LogP contribution in [0.5, 0.6) is 0 Å². The molecule has 0 bridgehead atoms. The molecule has 4 aromatic carbocycles. The summed E-state index contributed by atoms with van der Waals surface area (Å²) in [5.74, 6) is -0.872.